The van der Waals surface area contributed by atoms with Crippen LogP contribution < -0.4 is 5.32 Å². The number of fused-ring (bicyclic) bond motifs is 2. The second-order valence-electron chi connectivity index (χ2n) is 6.93. The van der Waals surface area contributed by atoms with E-state index in [0.717, 1.165) is 29.0 Å². The number of nitrogens with one attached hydrogen (secondary N) is 1. The lowest BCUT2D eigenvalue weighted by Gasteiger charge is -2.20. The molecule has 2 bridgehead atoms. The molecule has 0 aromatic carbocycles. The molecule has 0 unspecified atom stereocenters. The van der Waals surface area contributed by atoms with Crippen LogP contribution in [0, 0.1) is 24.7 Å². The number of thiazole rings is 1. The molecule has 0 radical (unpaired) electrons. The van der Waals surface area contributed by atoms with Crippen molar-refractivity contribution in [1.29, 1.82) is 0 Å². The van der Waals surface area contributed by atoms with Gasteiger partial charge < -0.3 is 5.32 Å². The van der Waals surface area contributed by atoms with Gasteiger partial charge in [0.1, 0.15) is 0 Å². The van der Waals surface area contributed by atoms with E-state index in [1.165, 1.54) is 35.4 Å². The van der Waals surface area contributed by atoms with E-state index in [-0.39, 0.29) is 5.91 Å². The minimum Gasteiger partial charge on any atom is -0.351 e. The van der Waals surface area contributed by atoms with Crippen molar-refractivity contribution in [2.75, 3.05) is 0 Å². The van der Waals surface area contributed by atoms with Gasteiger partial charge in [-0.15, -0.1) is 22.7 Å². The van der Waals surface area contributed by atoms with Crippen molar-refractivity contribution in [1.82, 2.24) is 10.3 Å². The average molecular weight is 347 g/mol. The molecule has 23 heavy (non-hydrogen) atoms. The first-order chi connectivity index (χ1) is 11.2. The van der Waals surface area contributed by atoms with Gasteiger partial charge in [-0.1, -0.05) is 6.42 Å². The van der Waals surface area contributed by atoms with E-state index in [9.17, 15) is 4.79 Å². The second kappa shape index (κ2) is 6.36. The van der Waals surface area contributed by atoms with Crippen LogP contribution in [-0.4, -0.2) is 10.9 Å². The van der Waals surface area contributed by atoms with Gasteiger partial charge in [-0.2, -0.15) is 0 Å². The summed E-state index contributed by atoms with van der Waals surface area (Å²) in [5, 5.41) is 6.30. The molecular formula is C18H22N2OS2. The van der Waals surface area contributed by atoms with E-state index in [0.29, 0.717) is 12.5 Å². The lowest BCUT2D eigenvalue weighted by molar-refractivity contribution is -0.122. The number of hydrogen-bond acceptors (Lipinski definition) is 4. The van der Waals surface area contributed by atoms with Gasteiger partial charge in [0.25, 0.3) is 0 Å². The molecule has 2 saturated carbocycles. The lowest BCUT2D eigenvalue weighted by atomic mass is 9.86. The fourth-order valence-electron chi connectivity index (χ4n) is 4.21. The number of aromatic nitrogens is 1. The first-order valence-corrected chi connectivity index (χ1v) is 10.1. The largest absolute Gasteiger partial charge is 0.351 e. The minimum absolute atomic E-state index is 0.224. The number of rotatable bonds is 5. The molecule has 122 valence electrons. The van der Waals surface area contributed by atoms with Crippen molar-refractivity contribution >= 4 is 28.6 Å². The summed E-state index contributed by atoms with van der Waals surface area (Å²) in [6.07, 6.45) is 6.13. The van der Waals surface area contributed by atoms with Gasteiger partial charge in [0, 0.05) is 16.7 Å². The van der Waals surface area contributed by atoms with Gasteiger partial charge in [0.15, 0.2) is 0 Å². The van der Waals surface area contributed by atoms with Crippen molar-refractivity contribution in [3.05, 3.63) is 27.4 Å². The molecule has 2 aromatic heterocycles. The molecule has 3 atom stereocenters. The minimum atomic E-state index is 0.224. The molecule has 1 amide bonds. The Morgan fingerprint density at radius 2 is 2.26 bits per heavy atom. The third-order valence-corrected chi connectivity index (χ3v) is 7.21. The summed E-state index contributed by atoms with van der Waals surface area (Å²) in [6, 6.07) is 4.21. The van der Waals surface area contributed by atoms with Gasteiger partial charge in [0.05, 0.1) is 22.1 Å². The third kappa shape index (κ3) is 3.36. The lowest BCUT2D eigenvalue weighted by Crippen LogP contribution is -2.26. The normalized spacial score (nSPS) is 25.9. The number of hydrogen-bond donors (Lipinski definition) is 1. The Morgan fingerprint density at radius 1 is 1.35 bits per heavy atom. The highest BCUT2D eigenvalue weighted by molar-refractivity contribution is 7.16. The summed E-state index contributed by atoms with van der Waals surface area (Å²) in [5.41, 5.74) is 1.05. The molecule has 2 heterocycles. The molecule has 0 saturated heterocycles. The molecule has 4 rings (SSSR count). The summed E-state index contributed by atoms with van der Waals surface area (Å²) >= 11 is 3.40. The summed E-state index contributed by atoms with van der Waals surface area (Å²) in [4.78, 5) is 19.1. The monoisotopic (exact) mass is 346 g/mol. The number of nitrogens with zero attached hydrogens (tertiary/aromatic N) is 1. The summed E-state index contributed by atoms with van der Waals surface area (Å²) < 4.78 is 0. The van der Waals surface area contributed by atoms with Gasteiger partial charge >= 0.3 is 0 Å². The number of carbonyl (C=O) groups is 1. The molecule has 0 aliphatic heterocycles. The van der Waals surface area contributed by atoms with Crippen molar-refractivity contribution < 1.29 is 4.79 Å². The Morgan fingerprint density at radius 3 is 2.96 bits per heavy atom. The predicted octanol–water partition coefficient (Wildman–Crippen LogP) is 4.62. The van der Waals surface area contributed by atoms with Crippen LogP contribution in [0.5, 0.6) is 0 Å². The molecular weight excluding hydrogens is 324 g/mol. The molecule has 2 aliphatic rings. The standard InChI is InChI=1S/C18H22N2OS2/c1-11-20-16(10-22-11)17-5-4-15(23-17)9-19-18(21)8-14-7-12-2-3-13(14)6-12/h4-5,10,12-14H,2-3,6-9H2,1H3,(H,19,21)/t12-,13+,14-/m0/s1. The topological polar surface area (TPSA) is 42.0 Å². The predicted molar refractivity (Wildman–Crippen MR) is 95.6 cm³/mol. The summed E-state index contributed by atoms with van der Waals surface area (Å²) in [6.45, 7) is 2.67. The third-order valence-electron chi connectivity index (χ3n) is 5.33. The van der Waals surface area contributed by atoms with Crippen molar-refractivity contribution in [3.63, 3.8) is 0 Å². The van der Waals surface area contributed by atoms with E-state index in [4.69, 9.17) is 0 Å². The highest BCUT2D eigenvalue weighted by atomic mass is 32.1. The first kappa shape index (κ1) is 15.3. The maximum atomic E-state index is 12.2. The van der Waals surface area contributed by atoms with Crippen LogP contribution in [0.25, 0.3) is 10.6 Å². The SMILES string of the molecule is Cc1nc(-c2ccc(CNC(=O)C[C@@H]3C[C@H]4CC[C@@H]3C4)s2)cs1. The molecule has 3 nitrogen and oxygen atoms in total. The Balaban J connectivity index is 1.29. The number of amides is 1. The van der Waals surface area contributed by atoms with Gasteiger partial charge in [-0.25, -0.2) is 4.98 Å². The fraction of sp³-hybridized carbons (Fsp3) is 0.556. The van der Waals surface area contributed by atoms with Gasteiger partial charge in [-0.3, -0.25) is 4.79 Å². The first-order valence-electron chi connectivity index (χ1n) is 8.45. The van der Waals surface area contributed by atoms with E-state index < -0.39 is 0 Å². The average Bonchev–Trinajstić information content (AvgIpc) is 3.29. The van der Waals surface area contributed by atoms with Crippen LogP contribution in [0.1, 0.15) is 42.0 Å². The van der Waals surface area contributed by atoms with Crippen molar-refractivity contribution in [3.8, 4) is 10.6 Å². The Hall–Kier alpha value is -1.20. The maximum absolute atomic E-state index is 12.2. The maximum Gasteiger partial charge on any atom is 0.220 e. The Bertz CT molecular complexity index is 705. The zero-order valence-corrected chi connectivity index (χ0v) is 15.0. The van der Waals surface area contributed by atoms with Crippen molar-refractivity contribution in [2.45, 2.75) is 45.6 Å². The zero-order chi connectivity index (χ0) is 15.8. The Labute approximate surface area is 145 Å². The van der Waals surface area contributed by atoms with Crippen LogP contribution in [0.4, 0.5) is 0 Å². The van der Waals surface area contributed by atoms with Crippen LogP contribution in [0.3, 0.4) is 0 Å². The number of carbonyl (C=O) groups excluding carboxylic acids is 1. The van der Waals surface area contributed by atoms with E-state index in [1.54, 1.807) is 22.7 Å². The van der Waals surface area contributed by atoms with E-state index >= 15 is 0 Å². The summed E-state index contributed by atoms with van der Waals surface area (Å²) in [5.74, 6) is 2.61. The fourth-order valence-corrected chi connectivity index (χ4v) is 5.81. The van der Waals surface area contributed by atoms with Gasteiger partial charge in [-0.05, 0) is 56.1 Å². The second-order valence-corrected chi connectivity index (χ2v) is 9.16. The van der Waals surface area contributed by atoms with Crippen molar-refractivity contribution in [2.24, 2.45) is 17.8 Å². The highest BCUT2D eigenvalue weighted by Crippen LogP contribution is 2.49. The smallest absolute Gasteiger partial charge is 0.220 e. The van der Waals surface area contributed by atoms with Gasteiger partial charge in [0.2, 0.25) is 5.91 Å². The molecule has 2 fully saturated rings. The Kier molecular flexibility index (Phi) is 4.24. The van der Waals surface area contributed by atoms with E-state index in [2.05, 4.69) is 27.8 Å². The molecule has 1 N–H and O–H groups in total. The molecule has 2 aromatic rings. The quantitative estimate of drug-likeness (QED) is 0.858. The summed E-state index contributed by atoms with van der Waals surface area (Å²) in [7, 11) is 0. The van der Waals surface area contributed by atoms with Crippen LogP contribution in [0.2, 0.25) is 0 Å². The number of aryl methyl sites for hydroxylation is 1. The molecule has 0 spiro atoms. The van der Waals surface area contributed by atoms with Crippen LogP contribution in [-0.2, 0) is 11.3 Å². The van der Waals surface area contributed by atoms with Crippen LogP contribution >= 0.6 is 22.7 Å². The molecule has 2 aliphatic carbocycles. The van der Waals surface area contributed by atoms with E-state index in [1.807, 2.05) is 6.92 Å². The zero-order valence-electron chi connectivity index (χ0n) is 13.4. The molecule has 5 heteroatoms. The highest BCUT2D eigenvalue weighted by Gasteiger charge is 2.39. The number of thiophene rings is 1. The van der Waals surface area contributed by atoms with Crippen LogP contribution in [0.15, 0.2) is 17.5 Å².